The Balaban J connectivity index is 2.57. The second-order valence-electron chi connectivity index (χ2n) is 4.08. The zero-order valence-electron chi connectivity index (χ0n) is 10.6. The van der Waals surface area contributed by atoms with Crippen LogP contribution in [0.15, 0.2) is 6.07 Å². The number of methoxy groups -OCH3 is 1. The molecule has 1 aromatic heterocycles. The van der Waals surface area contributed by atoms with Crippen LogP contribution in [-0.2, 0) is 11.3 Å². The lowest BCUT2D eigenvalue weighted by Gasteiger charge is -2.12. The summed E-state index contributed by atoms with van der Waals surface area (Å²) in [5.41, 5.74) is 0. The Morgan fingerprint density at radius 3 is 2.82 bits per heavy atom. The molecule has 1 heterocycles. The molecule has 5 heteroatoms. The van der Waals surface area contributed by atoms with Crippen molar-refractivity contribution in [2.75, 3.05) is 13.7 Å². The lowest BCUT2D eigenvalue weighted by Crippen LogP contribution is -2.10. The summed E-state index contributed by atoms with van der Waals surface area (Å²) >= 11 is 5.88. The van der Waals surface area contributed by atoms with Gasteiger partial charge in [-0.25, -0.2) is 4.98 Å². The van der Waals surface area contributed by atoms with E-state index in [1.54, 1.807) is 13.2 Å². The number of ether oxygens (including phenoxy) is 2. The number of hydrogen-bond donors (Lipinski definition) is 0. The molecule has 0 radical (unpaired) electrons. The molecule has 4 nitrogen and oxygen atoms in total. The third-order valence-corrected chi connectivity index (χ3v) is 2.48. The highest BCUT2D eigenvalue weighted by molar-refractivity contribution is 6.29. The van der Waals surface area contributed by atoms with E-state index >= 15 is 0 Å². The maximum Gasteiger partial charge on any atom is 0.218 e. The molecule has 0 saturated carbocycles. The van der Waals surface area contributed by atoms with E-state index in [2.05, 4.69) is 23.8 Å². The van der Waals surface area contributed by atoms with Gasteiger partial charge in [0.25, 0.3) is 0 Å². The minimum absolute atomic E-state index is 0.335. The summed E-state index contributed by atoms with van der Waals surface area (Å²) in [4.78, 5) is 8.25. The lowest BCUT2D eigenvalue weighted by atomic mass is 10.1. The first-order valence-electron chi connectivity index (χ1n) is 5.80. The van der Waals surface area contributed by atoms with E-state index in [9.17, 15) is 0 Å². The smallest absolute Gasteiger partial charge is 0.218 e. The van der Waals surface area contributed by atoms with Crippen LogP contribution in [0.1, 0.15) is 32.5 Å². The van der Waals surface area contributed by atoms with Gasteiger partial charge in [-0.1, -0.05) is 31.9 Å². The number of rotatable bonds is 7. The number of aromatic nitrogens is 2. The molecule has 1 unspecified atom stereocenters. The molecular weight excluding hydrogens is 240 g/mol. The van der Waals surface area contributed by atoms with Gasteiger partial charge in [0.1, 0.15) is 11.8 Å². The van der Waals surface area contributed by atoms with Crippen LogP contribution in [0, 0.1) is 5.92 Å². The van der Waals surface area contributed by atoms with Gasteiger partial charge in [-0.3, -0.25) is 0 Å². The van der Waals surface area contributed by atoms with Gasteiger partial charge in [-0.05, 0) is 12.3 Å². The molecular formula is C12H19ClN2O2. The quantitative estimate of drug-likeness (QED) is 0.705. The molecule has 0 amide bonds. The summed E-state index contributed by atoms with van der Waals surface area (Å²) in [6, 6.07) is 1.62. The Hall–Kier alpha value is -0.870. The molecule has 1 rings (SSSR count). The SMILES string of the molecule is CCCC(C)COc1cc(Cl)nc(COC)n1. The van der Waals surface area contributed by atoms with E-state index in [0.29, 0.717) is 36.0 Å². The van der Waals surface area contributed by atoms with Gasteiger partial charge in [0.2, 0.25) is 5.88 Å². The van der Waals surface area contributed by atoms with Crippen LogP contribution in [-0.4, -0.2) is 23.7 Å². The van der Waals surface area contributed by atoms with Gasteiger partial charge in [-0.2, -0.15) is 4.98 Å². The second-order valence-corrected chi connectivity index (χ2v) is 4.47. The van der Waals surface area contributed by atoms with Crippen molar-refractivity contribution in [3.63, 3.8) is 0 Å². The third-order valence-electron chi connectivity index (χ3n) is 2.29. The fraction of sp³-hybridized carbons (Fsp3) is 0.667. The molecule has 0 aliphatic heterocycles. The second kappa shape index (κ2) is 7.45. The molecule has 1 aromatic rings. The minimum Gasteiger partial charge on any atom is -0.477 e. The Bertz CT molecular complexity index is 347. The van der Waals surface area contributed by atoms with Crippen molar-refractivity contribution in [2.45, 2.75) is 33.3 Å². The Kier molecular flexibility index (Phi) is 6.22. The topological polar surface area (TPSA) is 44.2 Å². The van der Waals surface area contributed by atoms with Crippen LogP contribution < -0.4 is 4.74 Å². The van der Waals surface area contributed by atoms with Crippen molar-refractivity contribution in [1.82, 2.24) is 9.97 Å². The molecule has 96 valence electrons. The van der Waals surface area contributed by atoms with E-state index < -0.39 is 0 Å². The first kappa shape index (κ1) is 14.2. The fourth-order valence-corrected chi connectivity index (χ4v) is 1.70. The highest BCUT2D eigenvalue weighted by Gasteiger charge is 2.06. The molecule has 0 aliphatic carbocycles. The lowest BCUT2D eigenvalue weighted by molar-refractivity contribution is 0.175. The molecule has 0 aliphatic rings. The zero-order valence-corrected chi connectivity index (χ0v) is 11.3. The van der Waals surface area contributed by atoms with Crippen LogP contribution in [0.5, 0.6) is 5.88 Å². The van der Waals surface area contributed by atoms with Crippen molar-refractivity contribution in [3.8, 4) is 5.88 Å². The summed E-state index contributed by atoms with van der Waals surface area (Å²) in [5.74, 6) is 1.57. The number of halogens is 1. The highest BCUT2D eigenvalue weighted by Crippen LogP contribution is 2.15. The molecule has 0 fully saturated rings. The van der Waals surface area contributed by atoms with E-state index in [-0.39, 0.29) is 0 Å². The number of nitrogens with zero attached hydrogens (tertiary/aromatic N) is 2. The Morgan fingerprint density at radius 1 is 1.41 bits per heavy atom. The monoisotopic (exact) mass is 258 g/mol. The summed E-state index contributed by atoms with van der Waals surface area (Å²) in [6.07, 6.45) is 2.30. The summed E-state index contributed by atoms with van der Waals surface area (Å²) in [6.45, 7) is 5.30. The van der Waals surface area contributed by atoms with Crippen LogP contribution in [0.25, 0.3) is 0 Å². The van der Waals surface area contributed by atoms with Gasteiger partial charge in [0, 0.05) is 13.2 Å². The molecule has 0 bridgehead atoms. The highest BCUT2D eigenvalue weighted by atomic mass is 35.5. The average molecular weight is 259 g/mol. The van der Waals surface area contributed by atoms with Crippen molar-refractivity contribution in [3.05, 3.63) is 17.0 Å². The maximum atomic E-state index is 5.88. The van der Waals surface area contributed by atoms with Crippen LogP contribution in [0.4, 0.5) is 0 Å². The predicted molar refractivity (Wildman–Crippen MR) is 67.3 cm³/mol. The molecule has 0 spiro atoms. The summed E-state index contributed by atoms with van der Waals surface area (Å²) in [5, 5.41) is 0.380. The van der Waals surface area contributed by atoms with Crippen LogP contribution in [0.2, 0.25) is 5.15 Å². The molecule has 17 heavy (non-hydrogen) atoms. The summed E-state index contributed by atoms with van der Waals surface area (Å²) < 4.78 is 10.6. The van der Waals surface area contributed by atoms with Crippen LogP contribution in [0.3, 0.4) is 0 Å². The first-order valence-corrected chi connectivity index (χ1v) is 6.18. The predicted octanol–water partition coefficient (Wildman–Crippen LogP) is 3.09. The standard InChI is InChI=1S/C12H19ClN2O2/c1-4-5-9(2)7-17-12-6-10(13)14-11(15-12)8-16-3/h6,9H,4-5,7-8H2,1-3H3. The van der Waals surface area contributed by atoms with Crippen molar-refractivity contribution in [2.24, 2.45) is 5.92 Å². The third kappa shape index (κ3) is 5.33. The first-order chi connectivity index (χ1) is 8.15. The summed E-state index contributed by atoms with van der Waals surface area (Å²) in [7, 11) is 1.59. The molecule has 1 atom stereocenters. The van der Waals surface area contributed by atoms with Gasteiger partial charge in [0.05, 0.1) is 6.61 Å². The molecule has 0 saturated heterocycles. The average Bonchev–Trinajstić information content (AvgIpc) is 2.26. The molecule has 0 N–H and O–H groups in total. The largest absolute Gasteiger partial charge is 0.477 e. The van der Waals surface area contributed by atoms with Gasteiger partial charge in [-0.15, -0.1) is 0 Å². The minimum atomic E-state index is 0.335. The van der Waals surface area contributed by atoms with E-state index in [4.69, 9.17) is 21.1 Å². The zero-order chi connectivity index (χ0) is 12.7. The Morgan fingerprint density at radius 2 is 2.18 bits per heavy atom. The van der Waals surface area contributed by atoms with Crippen molar-refractivity contribution >= 4 is 11.6 Å². The maximum absolute atomic E-state index is 5.88. The number of hydrogen-bond acceptors (Lipinski definition) is 4. The van der Waals surface area contributed by atoms with E-state index in [1.165, 1.54) is 0 Å². The van der Waals surface area contributed by atoms with Gasteiger partial charge < -0.3 is 9.47 Å². The van der Waals surface area contributed by atoms with Crippen LogP contribution >= 0.6 is 11.6 Å². The van der Waals surface area contributed by atoms with Gasteiger partial charge in [0.15, 0.2) is 5.82 Å². The van der Waals surface area contributed by atoms with E-state index in [0.717, 1.165) is 12.8 Å². The molecule has 0 aromatic carbocycles. The van der Waals surface area contributed by atoms with Crippen molar-refractivity contribution in [1.29, 1.82) is 0 Å². The van der Waals surface area contributed by atoms with Gasteiger partial charge >= 0.3 is 0 Å². The fourth-order valence-electron chi connectivity index (χ4n) is 1.51. The normalized spacial score (nSPS) is 12.5. The Labute approximate surface area is 107 Å². The van der Waals surface area contributed by atoms with E-state index in [1.807, 2.05) is 0 Å². The van der Waals surface area contributed by atoms with Crippen molar-refractivity contribution < 1.29 is 9.47 Å².